The van der Waals surface area contributed by atoms with Gasteiger partial charge in [0.05, 0.1) is 11.4 Å². The lowest BCUT2D eigenvalue weighted by molar-refractivity contribution is 0.0994. The first kappa shape index (κ1) is 14.1. The highest BCUT2D eigenvalue weighted by Crippen LogP contribution is 2.22. The van der Waals surface area contributed by atoms with E-state index in [-0.39, 0.29) is 0 Å². The van der Waals surface area contributed by atoms with Gasteiger partial charge < -0.3 is 11.1 Å². The average Bonchev–Trinajstić information content (AvgIpc) is 2.84. The number of fused-ring (bicyclic) bond motifs is 1. The van der Waals surface area contributed by atoms with Crippen LogP contribution in [0.2, 0.25) is 0 Å². The van der Waals surface area contributed by atoms with Gasteiger partial charge in [0, 0.05) is 30.6 Å². The van der Waals surface area contributed by atoms with Gasteiger partial charge in [0.25, 0.3) is 5.91 Å². The number of amides is 1. The van der Waals surface area contributed by atoms with E-state index in [1.807, 2.05) is 13.0 Å². The fraction of sp³-hybridized carbons (Fsp3) is 0.333. The smallest absolute Gasteiger partial charge is 0.269 e. The molecule has 5 nitrogen and oxygen atoms in total. The number of carbonyl (C=O) groups excluding carboxylic acids is 1. The highest BCUT2D eigenvalue weighted by molar-refractivity contribution is 5.93. The van der Waals surface area contributed by atoms with Crippen LogP contribution in [0.5, 0.6) is 0 Å². The lowest BCUT2D eigenvalue weighted by Gasteiger charge is -2.15. The molecule has 0 bridgehead atoms. The van der Waals surface area contributed by atoms with Crippen molar-refractivity contribution in [3.63, 3.8) is 0 Å². The van der Waals surface area contributed by atoms with Crippen molar-refractivity contribution in [1.29, 1.82) is 0 Å². The standard InChI is InChI=1S/C15H18N4O/c1-4-11(5-2)8-10(3)19-13-6-7-17-9-12(13)14(18-19)15(16)20/h1,8,17H,3,5-7,9H2,2H3,(H2,16,20)/b11-8-. The van der Waals surface area contributed by atoms with Crippen molar-refractivity contribution in [3.8, 4) is 12.3 Å². The molecule has 0 saturated heterocycles. The lowest BCUT2D eigenvalue weighted by Crippen LogP contribution is -2.26. The Kier molecular flexibility index (Phi) is 4.06. The minimum atomic E-state index is -0.520. The number of nitrogens with one attached hydrogen (secondary N) is 1. The van der Waals surface area contributed by atoms with Crippen LogP contribution in [0.4, 0.5) is 0 Å². The van der Waals surface area contributed by atoms with Crippen molar-refractivity contribution in [2.24, 2.45) is 5.73 Å². The number of carbonyl (C=O) groups is 1. The quantitative estimate of drug-likeness (QED) is 0.635. The van der Waals surface area contributed by atoms with Gasteiger partial charge in [-0.15, -0.1) is 6.42 Å². The molecule has 0 unspecified atom stereocenters. The summed E-state index contributed by atoms with van der Waals surface area (Å²) < 4.78 is 1.68. The maximum Gasteiger partial charge on any atom is 0.269 e. The molecule has 0 saturated carbocycles. The molecule has 0 spiro atoms. The molecule has 1 aromatic heterocycles. The van der Waals surface area contributed by atoms with E-state index in [0.29, 0.717) is 17.9 Å². The van der Waals surface area contributed by atoms with Gasteiger partial charge in [-0.1, -0.05) is 19.4 Å². The zero-order valence-electron chi connectivity index (χ0n) is 11.6. The van der Waals surface area contributed by atoms with E-state index in [4.69, 9.17) is 12.2 Å². The van der Waals surface area contributed by atoms with Crippen LogP contribution in [-0.4, -0.2) is 22.2 Å². The van der Waals surface area contributed by atoms with E-state index < -0.39 is 5.91 Å². The Labute approximate surface area is 118 Å². The van der Waals surface area contributed by atoms with Crippen molar-refractivity contribution in [3.05, 3.63) is 35.2 Å². The Bertz CT molecular complexity index is 631. The number of terminal acetylenes is 1. The number of aromatic nitrogens is 2. The Hall–Kier alpha value is -2.32. The molecule has 3 N–H and O–H groups in total. The summed E-state index contributed by atoms with van der Waals surface area (Å²) in [7, 11) is 0. The fourth-order valence-electron chi connectivity index (χ4n) is 2.29. The third-order valence-electron chi connectivity index (χ3n) is 3.34. The third kappa shape index (κ3) is 2.51. The molecular weight excluding hydrogens is 252 g/mol. The second-order valence-electron chi connectivity index (χ2n) is 4.64. The molecule has 2 rings (SSSR count). The summed E-state index contributed by atoms with van der Waals surface area (Å²) in [5.41, 5.74) is 9.03. The van der Waals surface area contributed by atoms with Gasteiger partial charge in [-0.2, -0.15) is 5.10 Å². The molecule has 0 atom stereocenters. The van der Waals surface area contributed by atoms with E-state index in [9.17, 15) is 4.79 Å². The number of hydrogen-bond donors (Lipinski definition) is 2. The van der Waals surface area contributed by atoms with Gasteiger partial charge >= 0.3 is 0 Å². The highest BCUT2D eigenvalue weighted by atomic mass is 16.1. The Morgan fingerprint density at radius 1 is 1.70 bits per heavy atom. The minimum Gasteiger partial charge on any atom is -0.364 e. The van der Waals surface area contributed by atoms with Crippen LogP contribution < -0.4 is 11.1 Å². The average molecular weight is 270 g/mol. The van der Waals surface area contributed by atoms with Crippen LogP contribution >= 0.6 is 0 Å². The molecule has 0 aliphatic carbocycles. The van der Waals surface area contributed by atoms with Crippen molar-refractivity contribution < 1.29 is 4.79 Å². The first-order valence-corrected chi connectivity index (χ1v) is 6.56. The van der Waals surface area contributed by atoms with Gasteiger partial charge in [-0.25, -0.2) is 4.68 Å². The molecule has 0 aromatic carbocycles. The van der Waals surface area contributed by atoms with Crippen LogP contribution in [0.3, 0.4) is 0 Å². The number of nitrogens with two attached hydrogens (primary N) is 1. The number of rotatable bonds is 4. The minimum absolute atomic E-state index is 0.306. The second-order valence-corrected chi connectivity index (χ2v) is 4.64. The number of primary amides is 1. The Balaban J connectivity index is 2.48. The zero-order valence-corrected chi connectivity index (χ0v) is 11.6. The summed E-state index contributed by atoms with van der Waals surface area (Å²) in [6.45, 7) is 7.41. The topological polar surface area (TPSA) is 72.9 Å². The predicted molar refractivity (Wildman–Crippen MR) is 78.7 cm³/mol. The molecule has 1 aliphatic rings. The number of hydrogen-bond acceptors (Lipinski definition) is 3. The summed E-state index contributed by atoms with van der Waals surface area (Å²) in [5, 5.41) is 7.52. The largest absolute Gasteiger partial charge is 0.364 e. The second kappa shape index (κ2) is 5.76. The van der Waals surface area contributed by atoms with Crippen molar-refractivity contribution in [1.82, 2.24) is 15.1 Å². The molecule has 1 amide bonds. The van der Waals surface area contributed by atoms with Crippen molar-refractivity contribution in [2.75, 3.05) is 6.54 Å². The van der Waals surface area contributed by atoms with E-state index in [0.717, 1.165) is 36.2 Å². The maximum atomic E-state index is 11.5. The van der Waals surface area contributed by atoms with E-state index >= 15 is 0 Å². The Morgan fingerprint density at radius 2 is 2.45 bits per heavy atom. The molecule has 0 radical (unpaired) electrons. The number of allylic oxidation sites excluding steroid dienone is 3. The maximum absolute atomic E-state index is 11.5. The predicted octanol–water partition coefficient (Wildman–Crippen LogP) is 1.07. The van der Waals surface area contributed by atoms with Crippen LogP contribution in [0.15, 0.2) is 18.2 Å². The summed E-state index contributed by atoms with van der Waals surface area (Å²) >= 11 is 0. The van der Waals surface area contributed by atoms with Crippen LogP contribution in [0.1, 0.15) is 35.1 Å². The molecule has 20 heavy (non-hydrogen) atoms. The van der Waals surface area contributed by atoms with Crippen LogP contribution in [0.25, 0.3) is 5.70 Å². The molecule has 2 heterocycles. The molecule has 1 aliphatic heterocycles. The first-order chi connectivity index (χ1) is 9.58. The van der Waals surface area contributed by atoms with Gasteiger partial charge in [0.2, 0.25) is 0 Å². The van der Waals surface area contributed by atoms with E-state index in [1.165, 1.54) is 0 Å². The lowest BCUT2D eigenvalue weighted by atomic mass is 10.1. The normalized spacial score (nSPS) is 14.5. The molecule has 5 heteroatoms. The summed E-state index contributed by atoms with van der Waals surface area (Å²) in [4.78, 5) is 11.5. The van der Waals surface area contributed by atoms with Gasteiger partial charge in [-0.3, -0.25) is 4.79 Å². The van der Waals surface area contributed by atoms with Crippen molar-refractivity contribution >= 4 is 11.6 Å². The molecular formula is C15H18N4O. The first-order valence-electron chi connectivity index (χ1n) is 6.56. The van der Waals surface area contributed by atoms with Crippen LogP contribution in [0, 0.1) is 12.3 Å². The van der Waals surface area contributed by atoms with Crippen molar-refractivity contribution in [2.45, 2.75) is 26.3 Å². The third-order valence-corrected chi connectivity index (χ3v) is 3.34. The summed E-state index contributed by atoms with van der Waals surface area (Å²) in [6, 6.07) is 0. The zero-order chi connectivity index (χ0) is 14.7. The fourth-order valence-corrected chi connectivity index (χ4v) is 2.29. The Morgan fingerprint density at radius 3 is 3.05 bits per heavy atom. The SMILES string of the molecule is C#C/C(=C/C(=C)n1nc(C(N)=O)c2c1CCNC2)CC. The molecule has 1 aromatic rings. The van der Waals surface area contributed by atoms with Crippen LogP contribution in [-0.2, 0) is 13.0 Å². The molecule has 104 valence electrons. The number of nitrogens with zero attached hydrogens (tertiary/aromatic N) is 2. The van der Waals surface area contributed by atoms with Gasteiger partial charge in [0.15, 0.2) is 5.69 Å². The monoisotopic (exact) mass is 270 g/mol. The van der Waals surface area contributed by atoms with E-state index in [1.54, 1.807) is 4.68 Å². The van der Waals surface area contributed by atoms with Gasteiger partial charge in [0.1, 0.15) is 0 Å². The summed E-state index contributed by atoms with van der Waals surface area (Å²) in [6.07, 6.45) is 8.78. The molecule has 0 fully saturated rings. The summed E-state index contributed by atoms with van der Waals surface area (Å²) in [5.74, 6) is 2.10. The van der Waals surface area contributed by atoms with Gasteiger partial charge in [-0.05, 0) is 12.5 Å². The van der Waals surface area contributed by atoms with E-state index in [2.05, 4.69) is 22.9 Å². The highest BCUT2D eigenvalue weighted by Gasteiger charge is 2.23.